The zero-order valence-corrected chi connectivity index (χ0v) is 13.8. The Kier molecular flexibility index (Phi) is 6.42. The van der Waals surface area contributed by atoms with E-state index in [1.165, 1.54) is 22.7 Å². The molecular weight excluding hydrogens is 278 g/mol. The molecule has 20 heavy (non-hydrogen) atoms. The Morgan fingerprint density at radius 3 is 2.20 bits per heavy atom. The number of rotatable bonds is 5. The second-order valence-corrected chi connectivity index (χ2v) is 7.52. The predicted molar refractivity (Wildman–Crippen MR) is 79.4 cm³/mol. The maximum atomic E-state index is 12.4. The van der Waals surface area contributed by atoms with Crippen molar-refractivity contribution in [1.29, 1.82) is 0 Å². The van der Waals surface area contributed by atoms with E-state index in [0.717, 1.165) is 12.8 Å². The highest BCUT2D eigenvalue weighted by Gasteiger charge is 2.29. The lowest BCUT2D eigenvalue weighted by Gasteiger charge is -2.26. The van der Waals surface area contributed by atoms with Gasteiger partial charge in [0.05, 0.1) is 0 Å². The van der Waals surface area contributed by atoms with Gasteiger partial charge in [-0.15, -0.1) is 0 Å². The Labute approximate surface area is 122 Å². The van der Waals surface area contributed by atoms with E-state index in [0.29, 0.717) is 32.6 Å². The molecule has 1 saturated heterocycles. The van der Waals surface area contributed by atoms with Crippen molar-refractivity contribution < 1.29 is 13.2 Å². The predicted octanol–water partition coefficient (Wildman–Crippen LogP) is 0.763. The molecule has 1 amide bonds. The van der Waals surface area contributed by atoms with Gasteiger partial charge in [-0.3, -0.25) is 4.79 Å². The van der Waals surface area contributed by atoms with Gasteiger partial charge in [0.15, 0.2) is 0 Å². The average Bonchev–Trinajstić information content (AvgIpc) is 2.65. The maximum absolute atomic E-state index is 12.4. The minimum absolute atomic E-state index is 0.0620. The Balaban J connectivity index is 2.71. The first-order valence-electron chi connectivity index (χ1n) is 7.30. The van der Waals surface area contributed by atoms with Crippen LogP contribution in [-0.4, -0.2) is 68.1 Å². The second-order valence-electron chi connectivity index (χ2n) is 5.38. The number of hydrogen-bond donors (Lipinski definition) is 0. The third kappa shape index (κ3) is 3.93. The van der Waals surface area contributed by atoms with Crippen LogP contribution in [-0.2, 0) is 15.0 Å². The van der Waals surface area contributed by atoms with E-state index >= 15 is 0 Å². The van der Waals surface area contributed by atoms with Crippen LogP contribution >= 0.6 is 0 Å². The normalized spacial score (nSPS) is 18.6. The summed E-state index contributed by atoms with van der Waals surface area (Å²) in [5, 5.41) is 0. The minimum atomic E-state index is -3.38. The fourth-order valence-electron chi connectivity index (χ4n) is 2.47. The first-order chi connectivity index (χ1) is 9.34. The molecule has 0 saturated carbocycles. The molecule has 0 radical (unpaired) electrons. The van der Waals surface area contributed by atoms with Crippen LogP contribution in [0.1, 0.15) is 33.1 Å². The molecule has 1 rings (SSSR count). The molecular formula is C13H27N3O3S. The smallest absolute Gasteiger partial charge is 0.281 e. The number of hydrogen-bond acceptors (Lipinski definition) is 3. The summed E-state index contributed by atoms with van der Waals surface area (Å²) in [4.78, 5) is 14.2. The first-order valence-corrected chi connectivity index (χ1v) is 8.70. The van der Waals surface area contributed by atoms with Gasteiger partial charge in [-0.2, -0.15) is 17.0 Å². The Morgan fingerprint density at radius 1 is 1.10 bits per heavy atom. The third-order valence-corrected chi connectivity index (χ3v) is 5.83. The second kappa shape index (κ2) is 7.38. The quantitative estimate of drug-likeness (QED) is 0.753. The number of nitrogens with zero attached hydrogens (tertiary/aromatic N) is 3. The van der Waals surface area contributed by atoms with E-state index in [1.54, 1.807) is 0 Å². The van der Waals surface area contributed by atoms with Crippen LogP contribution in [0.3, 0.4) is 0 Å². The molecule has 0 unspecified atom stereocenters. The molecule has 0 aliphatic carbocycles. The van der Waals surface area contributed by atoms with E-state index in [-0.39, 0.29) is 11.8 Å². The van der Waals surface area contributed by atoms with Crippen LogP contribution in [0.2, 0.25) is 0 Å². The largest absolute Gasteiger partial charge is 0.341 e. The number of carbonyl (C=O) groups is 1. The van der Waals surface area contributed by atoms with Crippen LogP contribution in [0, 0.1) is 5.92 Å². The van der Waals surface area contributed by atoms with Crippen molar-refractivity contribution in [3.8, 4) is 0 Å². The molecule has 1 aliphatic rings. The SMILES string of the molecule is CCC(CC)C(=O)N1CCCN(S(=O)(=O)N(C)C)CC1. The van der Waals surface area contributed by atoms with Gasteiger partial charge in [0.2, 0.25) is 5.91 Å². The topological polar surface area (TPSA) is 60.9 Å². The van der Waals surface area contributed by atoms with Gasteiger partial charge >= 0.3 is 0 Å². The first kappa shape index (κ1) is 17.4. The average molecular weight is 305 g/mol. The molecule has 7 heteroatoms. The standard InChI is InChI=1S/C13H27N3O3S/c1-5-12(6-2)13(17)15-8-7-9-16(11-10-15)20(18,19)14(3)4/h12H,5-11H2,1-4H3. The van der Waals surface area contributed by atoms with Gasteiger partial charge in [-0.1, -0.05) is 13.8 Å². The summed E-state index contributed by atoms with van der Waals surface area (Å²) in [5.41, 5.74) is 0. The van der Waals surface area contributed by atoms with E-state index in [4.69, 9.17) is 0 Å². The Hall–Kier alpha value is -0.660. The van der Waals surface area contributed by atoms with Gasteiger partial charge in [0, 0.05) is 46.2 Å². The van der Waals surface area contributed by atoms with E-state index in [1.807, 2.05) is 18.7 Å². The van der Waals surface area contributed by atoms with Crippen molar-refractivity contribution in [3.63, 3.8) is 0 Å². The summed E-state index contributed by atoms with van der Waals surface area (Å²) < 4.78 is 26.9. The monoisotopic (exact) mass is 305 g/mol. The van der Waals surface area contributed by atoms with Crippen molar-refractivity contribution in [2.45, 2.75) is 33.1 Å². The highest BCUT2D eigenvalue weighted by molar-refractivity contribution is 7.86. The van der Waals surface area contributed by atoms with E-state index in [2.05, 4.69) is 0 Å². The Morgan fingerprint density at radius 2 is 1.70 bits per heavy atom. The van der Waals surface area contributed by atoms with Gasteiger partial charge in [0.25, 0.3) is 10.2 Å². The molecule has 0 aromatic heterocycles. The summed E-state index contributed by atoms with van der Waals surface area (Å²) in [6, 6.07) is 0. The summed E-state index contributed by atoms with van der Waals surface area (Å²) in [6.07, 6.45) is 2.37. The van der Waals surface area contributed by atoms with Crippen molar-refractivity contribution in [3.05, 3.63) is 0 Å². The Bertz CT molecular complexity index is 419. The fraction of sp³-hybridized carbons (Fsp3) is 0.923. The van der Waals surface area contributed by atoms with Crippen LogP contribution in [0.5, 0.6) is 0 Å². The molecule has 0 bridgehead atoms. The number of amides is 1. The summed E-state index contributed by atoms with van der Waals surface area (Å²) in [7, 11) is -0.305. The summed E-state index contributed by atoms with van der Waals surface area (Å²) >= 11 is 0. The molecule has 6 nitrogen and oxygen atoms in total. The van der Waals surface area contributed by atoms with Gasteiger partial charge < -0.3 is 4.90 Å². The fourth-order valence-corrected chi connectivity index (χ4v) is 3.61. The number of carbonyl (C=O) groups excluding carboxylic acids is 1. The lowest BCUT2D eigenvalue weighted by molar-refractivity contribution is -0.135. The summed E-state index contributed by atoms with van der Waals surface area (Å²) in [5.74, 6) is 0.228. The van der Waals surface area contributed by atoms with Crippen LogP contribution in [0.15, 0.2) is 0 Å². The highest BCUT2D eigenvalue weighted by Crippen LogP contribution is 2.15. The van der Waals surface area contributed by atoms with Gasteiger partial charge in [0.1, 0.15) is 0 Å². The van der Waals surface area contributed by atoms with Crippen LogP contribution < -0.4 is 0 Å². The van der Waals surface area contributed by atoms with Crippen LogP contribution in [0.4, 0.5) is 0 Å². The molecule has 118 valence electrons. The van der Waals surface area contributed by atoms with Gasteiger partial charge in [-0.05, 0) is 19.3 Å². The molecule has 1 aliphatic heterocycles. The third-order valence-electron chi connectivity index (χ3n) is 3.89. The van der Waals surface area contributed by atoms with Gasteiger partial charge in [-0.25, -0.2) is 0 Å². The lowest BCUT2D eigenvalue weighted by Crippen LogP contribution is -2.43. The molecule has 1 fully saturated rings. The molecule has 0 aromatic rings. The lowest BCUT2D eigenvalue weighted by atomic mass is 10.0. The molecule has 0 spiro atoms. The molecule has 0 N–H and O–H groups in total. The summed E-state index contributed by atoms with van der Waals surface area (Å²) in [6.45, 7) is 6.04. The highest BCUT2D eigenvalue weighted by atomic mass is 32.2. The molecule has 0 aromatic carbocycles. The molecule has 1 heterocycles. The van der Waals surface area contributed by atoms with Crippen molar-refractivity contribution in [2.75, 3.05) is 40.3 Å². The zero-order valence-electron chi connectivity index (χ0n) is 13.0. The van der Waals surface area contributed by atoms with E-state index in [9.17, 15) is 13.2 Å². The van der Waals surface area contributed by atoms with Crippen LogP contribution in [0.25, 0.3) is 0 Å². The molecule has 0 atom stereocenters. The van der Waals surface area contributed by atoms with E-state index < -0.39 is 10.2 Å². The zero-order chi connectivity index (χ0) is 15.3. The van der Waals surface area contributed by atoms with Crippen molar-refractivity contribution in [1.82, 2.24) is 13.5 Å². The minimum Gasteiger partial charge on any atom is -0.341 e. The maximum Gasteiger partial charge on any atom is 0.281 e. The van der Waals surface area contributed by atoms with Crippen molar-refractivity contribution in [2.24, 2.45) is 5.92 Å². The van der Waals surface area contributed by atoms with Crippen molar-refractivity contribution >= 4 is 16.1 Å².